The lowest BCUT2D eigenvalue weighted by Crippen LogP contribution is -2.75. The second kappa shape index (κ2) is 7.79. The number of amides is 3. The molecule has 2 fully saturated rings. The highest BCUT2D eigenvalue weighted by Crippen LogP contribution is 2.23. The fraction of sp³-hybridized carbons (Fsp3) is 0.364. The number of rotatable bonds is 3. The molecule has 2 aromatic carbocycles. The van der Waals surface area contributed by atoms with E-state index in [0.717, 1.165) is 24.4 Å². The number of halogens is 1. The first-order valence-electron chi connectivity index (χ1n) is 10.3. The minimum Gasteiger partial charge on any atom is -0.321 e. The molecule has 3 atom stereocenters. The quantitative estimate of drug-likeness (QED) is 0.714. The number of fused-ring (bicyclic) bond motifs is 2. The van der Waals surface area contributed by atoms with Gasteiger partial charge in [-0.1, -0.05) is 42.5 Å². The molecule has 156 valence electrons. The van der Waals surface area contributed by atoms with Crippen molar-refractivity contribution >= 4 is 11.9 Å². The van der Waals surface area contributed by atoms with Crippen LogP contribution >= 0.6 is 0 Å². The van der Waals surface area contributed by atoms with E-state index in [-0.39, 0.29) is 18.7 Å². The molecule has 3 unspecified atom stereocenters. The maximum Gasteiger partial charge on any atom is 0.325 e. The van der Waals surface area contributed by atoms with Crippen molar-refractivity contribution in [2.45, 2.75) is 32.0 Å². The van der Waals surface area contributed by atoms with E-state index in [1.165, 1.54) is 17.2 Å². The summed E-state index contributed by atoms with van der Waals surface area (Å²) in [6.45, 7) is 2.06. The Labute approximate surface area is 174 Å². The number of hydrogen-bond donors (Lipinski definition) is 3. The van der Waals surface area contributed by atoms with Gasteiger partial charge in [0.05, 0.1) is 18.6 Å². The maximum absolute atomic E-state index is 14.0. The molecule has 0 spiro atoms. The third-order valence-electron chi connectivity index (χ3n) is 6.19. The summed E-state index contributed by atoms with van der Waals surface area (Å²) in [6, 6.07) is 14.1. The van der Waals surface area contributed by atoms with Crippen molar-refractivity contribution in [1.82, 2.24) is 25.8 Å². The molecular weight excluding hydrogens is 385 g/mol. The number of benzene rings is 2. The van der Waals surface area contributed by atoms with Crippen molar-refractivity contribution in [2.24, 2.45) is 5.92 Å². The number of nitrogens with one attached hydrogen (secondary N) is 3. The molecule has 0 bridgehead atoms. The lowest BCUT2D eigenvalue weighted by Gasteiger charge is -2.47. The number of nitrogens with zero attached hydrogens (tertiary/aromatic N) is 2. The van der Waals surface area contributed by atoms with Gasteiger partial charge >= 0.3 is 6.03 Å². The van der Waals surface area contributed by atoms with Crippen LogP contribution in [-0.2, 0) is 24.3 Å². The molecule has 3 aliphatic rings. The van der Waals surface area contributed by atoms with Crippen molar-refractivity contribution in [3.05, 3.63) is 71.0 Å². The molecule has 2 saturated heterocycles. The van der Waals surface area contributed by atoms with Crippen LogP contribution in [-0.4, -0.2) is 47.3 Å². The third kappa shape index (κ3) is 3.47. The average Bonchev–Trinajstić information content (AvgIpc) is 2.77. The Balaban J connectivity index is 1.26. The molecule has 30 heavy (non-hydrogen) atoms. The predicted molar refractivity (Wildman–Crippen MR) is 108 cm³/mol. The lowest BCUT2D eigenvalue weighted by molar-refractivity contribution is -0.138. The zero-order valence-electron chi connectivity index (χ0n) is 16.5. The van der Waals surface area contributed by atoms with Gasteiger partial charge in [-0.3, -0.25) is 25.2 Å². The highest BCUT2D eigenvalue weighted by Gasteiger charge is 2.45. The maximum atomic E-state index is 14.0. The standard InChI is InChI=1S/C22H24FN5O2/c23-18-8-4-3-7-16(18)13-28-20(29)17-11-24-21(25-19(17)26-22(28)30)27-10-9-14-5-1-2-6-15(14)12-27/h1-8,17,19,21,24-25H,9-13H2,(H,26,30). The Kier molecular flexibility index (Phi) is 4.98. The molecule has 2 aromatic rings. The van der Waals surface area contributed by atoms with Gasteiger partial charge in [-0.15, -0.1) is 0 Å². The van der Waals surface area contributed by atoms with Crippen LogP contribution in [0, 0.1) is 11.7 Å². The Hall–Kier alpha value is -2.81. The Morgan fingerprint density at radius 3 is 2.63 bits per heavy atom. The number of carbonyl (C=O) groups is 2. The second-order valence-electron chi connectivity index (χ2n) is 8.02. The van der Waals surface area contributed by atoms with Crippen LogP contribution in [0.15, 0.2) is 48.5 Å². The van der Waals surface area contributed by atoms with Crippen LogP contribution in [0.1, 0.15) is 16.7 Å². The first-order valence-corrected chi connectivity index (χ1v) is 10.3. The van der Waals surface area contributed by atoms with Gasteiger partial charge in [0.25, 0.3) is 0 Å². The van der Waals surface area contributed by atoms with E-state index in [1.807, 2.05) is 6.07 Å². The molecule has 5 rings (SSSR count). The highest BCUT2D eigenvalue weighted by molar-refractivity contribution is 5.98. The molecule has 7 nitrogen and oxygen atoms in total. The number of imide groups is 1. The first-order chi connectivity index (χ1) is 14.6. The Bertz CT molecular complexity index is 984. The molecule has 0 radical (unpaired) electrons. The molecule has 0 aromatic heterocycles. The smallest absolute Gasteiger partial charge is 0.321 e. The van der Waals surface area contributed by atoms with E-state index in [0.29, 0.717) is 12.1 Å². The van der Waals surface area contributed by atoms with E-state index >= 15 is 0 Å². The summed E-state index contributed by atoms with van der Waals surface area (Å²) in [5.74, 6) is -1.16. The van der Waals surface area contributed by atoms with E-state index in [2.05, 4.69) is 39.0 Å². The van der Waals surface area contributed by atoms with Gasteiger partial charge in [0.1, 0.15) is 12.1 Å². The molecule has 3 amide bonds. The van der Waals surface area contributed by atoms with Gasteiger partial charge < -0.3 is 5.32 Å². The normalized spacial score (nSPS) is 26.7. The van der Waals surface area contributed by atoms with Crippen LogP contribution in [0.2, 0.25) is 0 Å². The molecule has 3 aliphatic heterocycles. The Morgan fingerprint density at radius 1 is 1.03 bits per heavy atom. The average molecular weight is 409 g/mol. The predicted octanol–water partition coefficient (Wildman–Crippen LogP) is 1.35. The topological polar surface area (TPSA) is 76.7 Å². The van der Waals surface area contributed by atoms with Gasteiger partial charge in [0.2, 0.25) is 5.91 Å². The minimum atomic E-state index is -0.498. The third-order valence-corrected chi connectivity index (χ3v) is 6.19. The number of hydrogen-bond acceptors (Lipinski definition) is 5. The molecule has 3 heterocycles. The lowest BCUT2D eigenvalue weighted by atomic mass is 9.97. The van der Waals surface area contributed by atoms with Crippen LogP contribution < -0.4 is 16.0 Å². The summed E-state index contributed by atoms with van der Waals surface area (Å²) in [4.78, 5) is 29.0. The number of urea groups is 1. The van der Waals surface area contributed by atoms with Gasteiger partial charge in [-0.25, -0.2) is 9.18 Å². The second-order valence-corrected chi connectivity index (χ2v) is 8.02. The summed E-state index contributed by atoms with van der Waals surface area (Å²) < 4.78 is 14.0. The van der Waals surface area contributed by atoms with Gasteiger partial charge in [-0.05, 0) is 23.6 Å². The molecule has 0 saturated carbocycles. The van der Waals surface area contributed by atoms with E-state index < -0.39 is 23.9 Å². The van der Waals surface area contributed by atoms with Gasteiger partial charge in [-0.2, -0.15) is 0 Å². The molecule has 8 heteroatoms. The molecule has 0 aliphatic carbocycles. The van der Waals surface area contributed by atoms with Crippen molar-refractivity contribution < 1.29 is 14.0 Å². The van der Waals surface area contributed by atoms with Crippen molar-refractivity contribution in [3.63, 3.8) is 0 Å². The van der Waals surface area contributed by atoms with Crippen molar-refractivity contribution in [2.75, 3.05) is 13.1 Å². The molecule has 3 N–H and O–H groups in total. The first kappa shape index (κ1) is 19.2. The zero-order valence-corrected chi connectivity index (χ0v) is 16.5. The van der Waals surface area contributed by atoms with Crippen LogP contribution in [0.5, 0.6) is 0 Å². The number of carbonyl (C=O) groups excluding carboxylic acids is 2. The highest BCUT2D eigenvalue weighted by atomic mass is 19.1. The summed E-state index contributed by atoms with van der Waals surface area (Å²) in [6.07, 6.45) is 0.377. The summed E-state index contributed by atoms with van der Waals surface area (Å²) >= 11 is 0. The summed E-state index contributed by atoms with van der Waals surface area (Å²) in [7, 11) is 0. The minimum absolute atomic E-state index is 0.0765. The summed E-state index contributed by atoms with van der Waals surface area (Å²) in [5, 5.41) is 9.67. The van der Waals surface area contributed by atoms with E-state index in [4.69, 9.17) is 0 Å². The SMILES string of the molecule is O=C1NC2NC(N3CCc4ccccc4C3)NCC2C(=O)N1Cc1ccccc1F. The fourth-order valence-corrected chi connectivity index (χ4v) is 4.50. The van der Waals surface area contributed by atoms with E-state index in [9.17, 15) is 14.0 Å². The zero-order chi connectivity index (χ0) is 20.7. The van der Waals surface area contributed by atoms with E-state index in [1.54, 1.807) is 18.2 Å². The Morgan fingerprint density at radius 2 is 1.80 bits per heavy atom. The van der Waals surface area contributed by atoms with Crippen LogP contribution in [0.4, 0.5) is 9.18 Å². The van der Waals surface area contributed by atoms with Gasteiger partial charge in [0, 0.05) is 25.2 Å². The fourth-order valence-electron chi connectivity index (χ4n) is 4.50. The summed E-state index contributed by atoms with van der Waals surface area (Å²) in [5.41, 5.74) is 2.99. The van der Waals surface area contributed by atoms with Crippen LogP contribution in [0.25, 0.3) is 0 Å². The monoisotopic (exact) mass is 409 g/mol. The molecular formula is C22H24FN5O2. The van der Waals surface area contributed by atoms with Gasteiger partial charge in [0.15, 0.2) is 0 Å². The largest absolute Gasteiger partial charge is 0.325 e. The van der Waals surface area contributed by atoms with Crippen molar-refractivity contribution in [1.29, 1.82) is 0 Å². The van der Waals surface area contributed by atoms with Crippen molar-refractivity contribution in [3.8, 4) is 0 Å². The van der Waals surface area contributed by atoms with Crippen LogP contribution in [0.3, 0.4) is 0 Å².